The largest absolute Gasteiger partial charge is 0.463 e. The van der Waals surface area contributed by atoms with Crippen LogP contribution in [0.4, 0.5) is 0 Å². The lowest BCUT2D eigenvalue weighted by atomic mass is 9.93. The summed E-state index contributed by atoms with van der Waals surface area (Å²) in [6.45, 7) is 12.4. The summed E-state index contributed by atoms with van der Waals surface area (Å²) in [5.74, 6) is -0.0678. The van der Waals surface area contributed by atoms with E-state index in [2.05, 4.69) is 62.7 Å². The van der Waals surface area contributed by atoms with Crippen LogP contribution in [0.3, 0.4) is 0 Å². The number of allylic oxidation sites excluding steroid dienone is 1. The number of rotatable bonds is 6. The number of hydrogen-bond donors (Lipinski definition) is 0. The SMILES string of the molecule is CCOC(=O)C1=C(C)N=c2sc(=Cc3cn(C(C)C)c4ccccc34)c(=O)n2C1c1ccc(C(C)C)cc1. The maximum absolute atomic E-state index is 14.0. The fourth-order valence-electron chi connectivity index (χ4n) is 5.09. The lowest BCUT2D eigenvalue weighted by Gasteiger charge is -2.25. The van der Waals surface area contributed by atoms with E-state index >= 15 is 0 Å². The molecule has 3 heterocycles. The molecule has 0 amide bonds. The summed E-state index contributed by atoms with van der Waals surface area (Å²) in [7, 11) is 0. The molecule has 2 aromatic carbocycles. The van der Waals surface area contributed by atoms with E-state index in [1.54, 1.807) is 11.5 Å². The first-order chi connectivity index (χ1) is 18.2. The molecule has 7 heteroatoms. The van der Waals surface area contributed by atoms with Gasteiger partial charge in [0.05, 0.1) is 28.5 Å². The summed E-state index contributed by atoms with van der Waals surface area (Å²) in [5.41, 5.74) is 4.98. The zero-order chi connectivity index (χ0) is 27.1. The number of benzene rings is 2. The van der Waals surface area contributed by atoms with Crippen molar-refractivity contribution >= 4 is 34.3 Å². The number of aromatic nitrogens is 2. The van der Waals surface area contributed by atoms with Gasteiger partial charge in [-0.25, -0.2) is 9.79 Å². The predicted molar refractivity (Wildman–Crippen MR) is 153 cm³/mol. The zero-order valence-corrected chi connectivity index (χ0v) is 23.5. The average molecular weight is 528 g/mol. The Morgan fingerprint density at radius 1 is 1.11 bits per heavy atom. The van der Waals surface area contributed by atoms with Crippen molar-refractivity contribution in [1.29, 1.82) is 0 Å². The quantitative estimate of drug-likeness (QED) is 0.313. The smallest absolute Gasteiger partial charge is 0.338 e. The molecule has 0 spiro atoms. The molecular formula is C31H33N3O3S. The fraction of sp³-hybridized carbons (Fsp3) is 0.323. The number of fused-ring (bicyclic) bond motifs is 2. The van der Waals surface area contributed by atoms with Gasteiger partial charge in [0.2, 0.25) is 0 Å². The number of nitrogens with zero attached hydrogens (tertiary/aromatic N) is 3. The van der Waals surface area contributed by atoms with Crippen LogP contribution in [0.5, 0.6) is 0 Å². The average Bonchev–Trinajstić information content (AvgIpc) is 3.41. The highest BCUT2D eigenvalue weighted by Gasteiger charge is 2.33. The molecular weight excluding hydrogens is 494 g/mol. The molecule has 38 heavy (non-hydrogen) atoms. The van der Waals surface area contributed by atoms with Gasteiger partial charge in [-0.3, -0.25) is 9.36 Å². The highest BCUT2D eigenvalue weighted by atomic mass is 32.1. The van der Waals surface area contributed by atoms with E-state index < -0.39 is 12.0 Å². The Labute approximate surface area is 226 Å². The van der Waals surface area contributed by atoms with Crippen molar-refractivity contribution in [1.82, 2.24) is 9.13 Å². The minimum absolute atomic E-state index is 0.164. The molecule has 0 radical (unpaired) electrons. The number of esters is 1. The third kappa shape index (κ3) is 4.45. The minimum Gasteiger partial charge on any atom is -0.463 e. The molecule has 196 valence electrons. The Kier molecular flexibility index (Phi) is 6.97. The first-order valence-corrected chi connectivity index (χ1v) is 13.9. The highest BCUT2D eigenvalue weighted by molar-refractivity contribution is 7.07. The van der Waals surface area contributed by atoms with Gasteiger partial charge >= 0.3 is 5.97 Å². The molecule has 0 saturated heterocycles. The molecule has 0 fully saturated rings. The van der Waals surface area contributed by atoms with Crippen molar-refractivity contribution in [3.8, 4) is 0 Å². The summed E-state index contributed by atoms with van der Waals surface area (Å²) >= 11 is 1.35. The van der Waals surface area contributed by atoms with Gasteiger partial charge in [0, 0.05) is 28.7 Å². The van der Waals surface area contributed by atoms with Crippen LogP contribution < -0.4 is 14.9 Å². The monoisotopic (exact) mass is 527 g/mol. The van der Waals surface area contributed by atoms with Crippen LogP contribution in [0.15, 0.2) is 75.8 Å². The van der Waals surface area contributed by atoms with Crippen molar-refractivity contribution in [2.45, 2.75) is 59.5 Å². The Bertz CT molecular complexity index is 1730. The number of carbonyl (C=O) groups is 1. The molecule has 1 aliphatic rings. The number of hydrogen-bond acceptors (Lipinski definition) is 5. The maximum atomic E-state index is 14.0. The van der Waals surface area contributed by atoms with E-state index in [-0.39, 0.29) is 18.2 Å². The van der Waals surface area contributed by atoms with Gasteiger partial charge in [-0.2, -0.15) is 0 Å². The Morgan fingerprint density at radius 2 is 1.82 bits per heavy atom. The van der Waals surface area contributed by atoms with Gasteiger partial charge in [0.1, 0.15) is 0 Å². The first-order valence-electron chi connectivity index (χ1n) is 13.1. The Hall–Kier alpha value is -3.71. The molecule has 1 unspecified atom stereocenters. The van der Waals surface area contributed by atoms with Crippen LogP contribution >= 0.6 is 11.3 Å². The summed E-state index contributed by atoms with van der Waals surface area (Å²) in [6.07, 6.45) is 4.05. The fourth-order valence-corrected chi connectivity index (χ4v) is 6.12. The van der Waals surface area contributed by atoms with E-state index in [1.807, 2.05) is 37.3 Å². The maximum Gasteiger partial charge on any atom is 0.338 e. The zero-order valence-electron chi connectivity index (χ0n) is 22.7. The second-order valence-electron chi connectivity index (χ2n) is 10.2. The molecule has 0 bridgehead atoms. The molecule has 0 N–H and O–H groups in total. The molecule has 6 nitrogen and oxygen atoms in total. The van der Waals surface area contributed by atoms with Crippen LogP contribution in [-0.4, -0.2) is 21.7 Å². The summed E-state index contributed by atoms with van der Waals surface area (Å²) in [5, 5.41) is 1.09. The molecule has 1 aliphatic heterocycles. The van der Waals surface area contributed by atoms with Crippen LogP contribution in [0.25, 0.3) is 17.0 Å². The number of ether oxygens (including phenoxy) is 1. The van der Waals surface area contributed by atoms with Gasteiger partial charge in [-0.1, -0.05) is 67.6 Å². The highest BCUT2D eigenvalue weighted by Crippen LogP contribution is 2.32. The van der Waals surface area contributed by atoms with Crippen molar-refractivity contribution < 1.29 is 9.53 Å². The number of para-hydroxylation sites is 1. The lowest BCUT2D eigenvalue weighted by molar-refractivity contribution is -0.139. The van der Waals surface area contributed by atoms with E-state index in [0.29, 0.717) is 26.5 Å². The molecule has 5 rings (SSSR count). The van der Waals surface area contributed by atoms with Gasteiger partial charge in [-0.05, 0) is 56.9 Å². The number of thiazole rings is 1. The van der Waals surface area contributed by atoms with Crippen molar-refractivity contribution in [2.24, 2.45) is 4.99 Å². The van der Waals surface area contributed by atoms with Crippen LogP contribution in [0.2, 0.25) is 0 Å². The molecule has 1 atom stereocenters. The lowest BCUT2D eigenvalue weighted by Crippen LogP contribution is -2.39. The second-order valence-corrected chi connectivity index (χ2v) is 11.2. The van der Waals surface area contributed by atoms with Crippen molar-refractivity contribution in [2.75, 3.05) is 6.61 Å². The van der Waals surface area contributed by atoms with Crippen LogP contribution in [0, 0.1) is 0 Å². The summed E-state index contributed by atoms with van der Waals surface area (Å²) in [4.78, 5) is 32.4. The van der Waals surface area contributed by atoms with E-state index in [0.717, 1.165) is 22.0 Å². The van der Waals surface area contributed by atoms with Gasteiger partial charge in [0.15, 0.2) is 4.80 Å². The summed E-state index contributed by atoms with van der Waals surface area (Å²) < 4.78 is 9.87. The Balaban J connectivity index is 1.73. The molecule has 2 aromatic heterocycles. The van der Waals surface area contributed by atoms with Gasteiger partial charge in [0.25, 0.3) is 5.56 Å². The minimum atomic E-state index is -0.606. The second kappa shape index (κ2) is 10.2. The van der Waals surface area contributed by atoms with Crippen LogP contribution in [0.1, 0.15) is 76.2 Å². The van der Waals surface area contributed by atoms with Crippen molar-refractivity contribution in [3.05, 3.63) is 102 Å². The molecule has 0 saturated carbocycles. The first kappa shape index (κ1) is 25.9. The topological polar surface area (TPSA) is 65.6 Å². The van der Waals surface area contributed by atoms with Crippen LogP contribution in [-0.2, 0) is 9.53 Å². The molecule has 0 aliphatic carbocycles. The standard InChI is InChI=1S/C31H33N3O3S/c1-7-37-30(36)27-20(6)32-31-34(28(27)22-14-12-21(13-15-22)18(2)3)29(35)26(38-31)16-23-17-33(19(4)5)25-11-9-8-10-24(23)25/h8-19,28H,7H2,1-6H3. The van der Waals surface area contributed by atoms with E-state index in [1.165, 1.54) is 16.9 Å². The van der Waals surface area contributed by atoms with E-state index in [4.69, 9.17) is 9.73 Å². The third-order valence-electron chi connectivity index (χ3n) is 7.05. The van der Waals surface area contributed by atoms with Crippen molar-refractivity contribution in [3.63, 3.8) is 0 Å². The third-order valence-corrected chi connectivity index (χ3v) is 8.03. The predicted octanol–water partition coefficient (Wildman–Crippen LogP) is 5.46. The molecule has 4 aromatic rings. The Morgan fingerprint density at radius 3 is 2.47 bits per heavy atom. The van der Waals surface area contributed by atoms with Gasteiger partial charge < -0.3 is 9.30 Å². The number of carbonyl (C=O) groups excluding carboxylic acids is 1. The summed E-state index contributed by atoms with van der Waals surface area (Å²) in [6, 6.07) is 16.0. The normalized spacial score (nSPS) is 15.9. The van der Waals surface area contributed by atoms with Gasteiger partial charge in [-0.15, -0.1) is 0 Å². The van der Waals surface area contributed by atoms with E-state index in [9.17, 15) is 9.59 Å².